The third kappa shape index (κ3) is 1.33. The van der Waals surface area contributed by atoms with E-state index < -0.39 is 0 Å². The van der Waals surface area contributed by atoms with E-state index in [1.165, 1.54) is 51.4 Å². The van der Waals surface area contributed by atoms with Crippen molar-refractivity contribution in [1.82, 2.24) is 0 Å². The standard InChI is InChI=1S/C14H26/c1-4-13(3)10-6-7-11-14(13,5-2)12-8-9-12/h12H,4-11H2,1-3H3. The Labute approximate surface area is 89.5 Å². The summed E-state index contributed by atoms with van der Waals surface area (Å²) >= 11 is 0. The molecule has 2 fully saturated rings. The second kappa shape index (κ2) is 3.54. The van der Waals surface area contributed by atoms with Gasteiger partial charge in [0.15, 0.2) is 0 Å². The minimum Gasteiger partial charge on any atom is -0.0648 e. The molecule has 0 saturated heterocycles. The van der Waals surface area contributed by atoms with Gasteiger partial charge in [0.05, 0.1) is 0 Å². The van der Waals surface area contributed by atoms with E-state index in [-0.39, 0.29) is 0 Å². The molecule has 0 radical (unpaired) electrons. The zero-order valence-corrected chi connectivity index (χ0v) is 10.2. The molecule has 2 saturated carbocycles. The summed E-state index contributed by atoms with van der Waals surface area (Å²) in [4.78, 5) is 0. The molecule has 82 valence electrons. The van der Waals surface area contributed by atoms with E-state index in [4.69, 9.17) is 0 Å². The van der Waals surface area contributed by atoms with E-state index in [1.54, 1.807) is 0 Å². The van der Waals surface area contributed by atoms with Gasteiger partial charge < -0.3 is 0 Å². The second-order valence-electron chi connectivity index (χ2n) is 5.91. The van der Waals surface area contributed by atoms with Crippen LogP contribution in [0.5, 0.6) is 0 Å². The summed E-state index contributed by atoms with van der Waals surface area (Å²) in [7, 11) is 0. The van der Waals surface area contributed by atoms with Gasteiger partial charge in [0.25, 0.3) is 0 Å². The molecule has 0 heteroatoms. The van der Waals surface area contributed by atoms with Crippen molar-refractivity contribution in [1.29, 1.82) is 0 Å². The van der Waals surface area contributed by atoms with E-state index in [9.17, 15) is 0 Å². The molecule has 0 heterocycles. The van der Waals surface area contributed by atoms with Crippen LogP contribution in [0.25, 0.3) is 0 Å². The topological polar surface area (TPSA) is 0 Å². The second-order valence-corrected chi connectivity index (χ2v) is 5.91. The largest absolute Gasteiger partial charge is 0.0648 e. The Hall–Kier alpha value is 0. The molecule has 0 aromatic heterocycles. The first-order chi connectivity index (χ1) is 6.68. The van der Waals surface area contributed by atoms with Crippen molar-refractivity contribution < 1.29 is 0 Å². The van der Waals surface area contributed by atoms with Crippen LogP contribution in [0.3, 0.4) is 0 Å². The highest BCUT2D eigenvalue weighted by atomic mass is 14.6. The lowest BCUT2D eigenvalue weighted by atomic mass is 9.52. The summed E-state index contributed by atoms with van der Waals surface area (Å²) in [6.45, 7) is 7.43. The average Bonchev–Trinajstić information content (AvgIpc) is 3.03. The first-order valence-electron chi connectivity index (χ1n) is 6.68. The molecular weight excluding hydrogens is 168 g/mol. The van der Waals surface area contributed by atoms with Crippen molar-refractivity contribution in [3.63, 3.8) is 0 Å². The lowest BCUT2D eigenvalue weighted by Gasteiger charge is -2.53. The zero-order chi connectivity index (χ0) is 10.2. The van der Waals surface area contributed by atoms with E-state index in [0.29, 0.717) is 5.41 Å². The average molecular weight is 194 g/mol. The van der Waals surface area contributed by atoms with Crippen molar-refractivity contribution in [2.75, 3.05) is 0 Å². The maximum absolute atomic E-state index is 2.58. The summed E-state index contributed by atoms with van der Waals surface area (Å²) < 4.78 is 0. The molecule has 0 aromatic carbocycles. The molecule has 2 aliphatic carbocycles. The van der Waals surface area contributed by atoms with Crippen LogP contribution in [0.4, 0.5) is 0 Å². The Bertz CT molecular complexity index is 204. The molecule has 0 bridgehead atoms. The van der Waals surface area contributed by atoms with Gasteiger partial charge in [-0.05, 0) is 48.9 Å². The van der Waals surface area contributed by atoms with Crippen LogP contribution in [-0.4, -0.2) is 0 Å². The highest BCUT2D eigenvalue weighted by Gasteiger charge is 2.54. The van der Waals surface area contributed by atoms with E-state index >= 15 is 0 Å². The van der Waals surface area contributed by atoms with Gasteiger partial charge in [-0.25, -0.2) is 0 Å². The molecule has 0 aromatic rings. The van der Waals surface area contributed by atoms with Gasteiger partial charge in [-0.15, -0.1) is 0 Å². The lowest BCUT2D eigenvalue weighted by Crippen LogP contribution is -2.43. The van der Waals surface area contributed by atoms with Crippen molar-refractivity contribution in [2.24, 2.45) is 16.7 Å². The van der Waals surface area contributed by atoms with Gasteiger partial charge in [-0.2, -0.15) is 0 Å². The number of hydrogen-bond donors (Lipinski definition) is 0. The molecule has 2 unspecified atom stereocenters. The van der Waals surface area contributed by atoms with Crippen LogP contribution in [-0.2, 0) is 0 Å². The van der Waals surface area contributed by atoms with Gasteiger partial charge in [0.1, 0.15) is 0 Å². The summed E-state index contributed by atoms with van der Waals surface area (Å²) in [5.41, 5.74) is 1.40. The fraction of sp³-hybridized carbons (Fsp3) is 1.00. The summed E-state index contributed by atoms with van der Waals surface area (Å²) in [5, 5.41) is 0. The molecule has 2 atom stereocenters. The van der Waals surface area contributed by atoms with Crippen molar-refractivity contribution in [2.45, 2.75) is 72.1 Å². The molecular formula is C14H26. The molecule has 14 heavy (non-hydrogen) atoms. The summed E-state index contributed by atoms with van der Waals surface area (Å²) in [5.74, 6) is 1.10. The molecule has 0 aliphatic heterocycles. The fourth-order valence-corrected chi connectivity index (χ4v) is 4.26. The Kier molecular flexibility index (Phi) is 2.66. The van der Waals surface area contributed by atoms with Gasteiger partial charge in [-0.1, -0.05) is 40.0 Å². The zero-order valence-electron chi connectivity index (χ0n) is 10.2. The quantitative estimate of drug-likeness (QED) is 0.606. The third-order valence-corrected chi connectivity index (χ3v) is 5.57. The Balaban J connectivity index is 2.25. The minimum atomic E-state index is 0.668. The van der Waals surface area contributed by atoms with Crippen molar-refractivity contribution in [3.8, 4) is 0 Å². The molecule has 2 aliphatic rings. The highest BCUT2D eigenvalue weighted by molar-refractivity contribution is 5.04. The molecule has 0 amide bonds. The highest BCUT2D eigenvalue weighted by Crippen LogP contribution is 2.64. The molecule has 0 nitrogen and oxygen atoms in total. The lowest BCUT2D eigenvalue weighted by molar-refractivity contribution is -0.0282. The van der Waals surface area contributed by atoms with E-state index in [1.807, 2.05) is 0 Å². The smallest absolute Gasteiger partial charge is 0.0218 e. The normalized spacial score (nSPS) is 43.9. The Morgan fingerprint density at radius 2 is 1.64 bits per heavy atom. The van der Waals surface area contributed by atoms with Gasteiger partial charge in [0, 0.05) is 0 Å². The molecule has 0 spiro atoms. The fourth-order valence-electron chi connectivity index (χ4n) is 4.26. The number of hydrogen-bond acceptors (Lipinski definition) is 0. The van der Waals surface area contributed by atoms with E-state index in [2.05, 4.69) is 20.8 Å². The third-order valence-electron chi connectivity index (χ3n) is 5.57. The van der Waals surface area contributed by atoms with E-state index in [0.717, 1.165) is 11.3 Å². The Morgan fingerprint density at radius 1 is 1.00 bits per heavy atom. The monoisotopic (exact) mass is 194 g/mol. The predicted molar refractivity (Wildman–Crippen MR) is 62.3 cm³/mol. The Morgan fingerprint density at radius 3 is 2.14 bits per heavy atom. The first kappa shape index (κ1) is 10.5. The van der Waals surface area contributed by atoms with Gasteiger partial charge >= 0.3 is 0 Å². The SMILES string of the molecule is CCC1(C)CCCCC1(CC)C1CC1. The van der Waals surface area contributed by atoms with Crippen LogP contribution < -0.4 is 0 Å². The molecule has 2 rings (SSSR count). The minimum absolute atomic E-state index is 0.668. The van der Waals surface area contributed by atoms with Gasteiger partial charge in [0.2, 0.25) is 0 Å². The number of rotatable bonds is 3. The van der Waals surface area contributed by atoms with Crippen LogP contribution in [0.15, 0.2) is 0 Å². The van der Waals surface area contributed by atoms with Crippen LogP contribution in [0, 0.1) is 16.7 Å². The summed E-state index contributed by atoms with van der Waals surface area (Å²) in [6.07, 6.45) is 11.9. The first-order valence-corrected chi connectivity index (χ1v) is 6.68. The van der Waals surface area contributed by atoms with Crippen LogP contribution in [0.1, 0.15) is 72.1 Å². The van der Waals surface area contributed by atoms with Crippen LogP contribution in [0.2, 0.25) is 0 Å². The predicted octanol–water partition coefficient (Wildman–Crippen LogP) is 4.78. The van der Waals surface area contributed by atoms with Crippen molar-refractivity contribution >= 4 is 0 Å². The molecule has 0 N–H and O–H groups in total. The van der Waals surface area contributed by atoms with Gasteiger partial charge in [-0.3, -0.25) is 0 Å². The van der Waals surface area contributed by atoms with Crippen molar-refractivity contribution in [3.05, 3.63) is 0 Å². The van der Waals surface area contributed by atoms with Crippen LogP contribution >= 0.6 is 0 Å². The maximum atomic E-state index is 2.58. The summed E-state index contributed by atoms with van der Waals surface area (Å²) in [6, 6.07) is 0. The maximum Gasteiger partial charge on any atom is -0.0218 e.